The first-order valence-electron chi connectivity index (χ1n) is 13.2. The predicted molar refractivity (Wildman–Crippen MR) is 138 cm³/mol. The molecule has 3 aliphatic rings. The van der Waals surface area contributed by atoms with Crippen molar-refractivity contribution < 1.29 is 23.8 Å². The molecule has 1 aromatic heterocycles. The third kappa shape index (κ3) is 5.70. The monoisotopic (exact) mass is 512 g/mol. The van der Waals surface area contributed by atoms with Crippen molar-refractivity contribution in [1.29, 1.82) is 0 Å². The van der Waals surface area contributed by atoms with E-state index in [1.165, 1.54) is 4.88 Å². The second kappa shape index (κ2) is 11.6. The van der Waals surface area contributed by atoms with Crippen molar-refractivity contribution >= 4 is 23.2 Å². The van der Waals surface area contributed by atoms with Crippen molar-refractivity contribution in [3.05, 3.63) is 46.2 Å². The van der Waals surface area contributed by atoms with Gasteiger partial charge in [0.2, 0.25) is 11.8 Å². The van der Waals surface area contributed by atoms with Crippen molar-refractivity contribution in [1.82, 2.24) is 9.80 Å². The number of nitrogens with zero attached hydrogens (tertiary/aromatic N) is 2. The summed E-state index contributed by atoms with van der Waals surface area (Å²) in [4.78, 5) is 32.2. The van der Waals surface area contributed by atoms with Crippen LogP contribution in [0.15, 0.2) is 35.7 Å². The molecule has 2 amide bonds. The Morgan fingerprint density at radius 3 is 2.75 bits per heavy atom. The zero-order valence-corrected chi connectivity index (χ0v) is 21.8. The maximum atomic E-state index is 13.8. The Bertz CT molecular complexity index is 1040. The van der Waals surface area contributed by atoms with Crippen molar-refractivity contribution in [3.8, 4) is 11.5 Å². The van der Waals surface area contributed by atoms with Crippen LogP contribution in [0.25, 0.3) is 0 Å². The highest BCUT2D eigenvalue weighted by atomic mass is 32.1. The molecule has 0 spiro atoms. The molecule has 194 valence electrons. The molecule has 5 rings (SSSR count). The van der Waals surface area contributed by atoms with E-state index in [0.717, 1.165) is 62.9 Å². The van der Waals surface area contributed by atoms with Crippen molar-refractivity contribution in [2.24, 2.45) is 5.92 Å². The first-order chi connectivity index (χ1) is 17.6. The molecule has 1 saturated carbocycles. The second-order valence-corrected chi connectivity index (χ2v) is 11.0. The molecule has 2 fully saturated rings. The van der Waals surface area contributed by atoms with Crippen LogP contribution in [-0.2, 0) is 20.7 Å². The summed E-state index contributed by atoms with van der Waals surface area (Å²) in [5.41, 5.74) is 1.15. The lowest BCUT2D eigenvalue weighted by atomic mass is 10.00. The quantitative estimate of drug-likeness (QED) is 0.496. The van der Waals surface area contributed by atoms with Crippen molar-refractivity contribution in [3.63, 3.8) is 0 Å². The minimum Gasteiger partial charge on any atom is -0.497 e. The standard InChI is InChI=1S/C28H36N2O5S/c1-33-21-8-4-9-22(16-21)35-19-25-24-12-15-36-26(24)11-13-30(25)27(31)18-29(17-23-10-5-14-34-23)28(32)20-6-2-3-7-20/h4,8-9,12,15-16,20,23,25H,2-3,5-7,10-11,13-14,17-19H2,1H3/t23-,25+/m1/s1. The normalized spacial score (nSPS) is 21.9. The first-order valence-corrected chi connectivity index (χ1v) is 14.0. The molecular formula is C28H36N2O5S. The van der Waals surface area contributed by atoms with Gasteiger partial charge in [-0.25, -0.2) is 0 Å². The van der Waals surface area contributed by atoms with Gasteiger partial charge in [-0.15, -0.1) is 11.3 Å². The molecule has 3 heterocycles. The molecule has 0 bridgehead atoms. The Morgan fingerprint density at radius 2 is 1.97 bits per heavy atom. The van der Waals surface area contributed by atoms with Crippen LogP contribution in [-0.4, -0.2) is 67.7 Å². The minimum absolute atomic E-state index is 0.0181. The molecule has 36 heavy (non-hydrogen) atoms. The van der Waals surface area contributed by atoms with Crippen molar-refractivity contribution in [2.45, 2.75) is 57.1 Å². The second-order valence-electron chi connectivity index (χ2n) is 9.98. The van der Waals surface area contributed by atoms with Crippen LogP contribution in [0, 0.1) is 5.92 Å². The number of carbonyl (C=O) groups is 2. The van der Waals surface area contributed by atoms with Gasteiger partial charge < -0.3 is 24.0 Å². The zero-order chi connectivity index (χ0) is 24.9. The van der Waals surface area contributed by atoms with E-state index >= 15 is 0 Å². The Labute approximate surface area is 217 Å². The number of fused-ring (bicyclic) bond motifs is 1. The van der Waals surface area contributed by atoms with E-state index in [1.807, 2.05) is 29.2 Å². The summed E-state index contributed by atoms with van der Waals surface area (Å²) >= 11 is 1.73. The van der Waals surface area contributed by atoms with Crippen LogP contribution in [0.2, 0.25) is 0 Å². The van der Waals surface area contributed by atoms with Crippen LogP contribution >= 0.6 is 11.3 Å². The van der Waals surface area contributed by atoms with Gasteiger partial charge in [-0.1, -0.05) is 18.9 Å². The zero-order valence-electron chi connectivity index (χ0n) is 21.0. The fourth-order valence-corrected chi connectivity index (χ4v) is 6.62. The van der Waals surface area contributed by atoms with Gasteiger partial charge in [-0.3, -0.25) is 9.59 Å². The predicted octanol–water partition coefficient (Wildman–Crippen LogP) is 4.46. The van der Waals surface area contributed by atoms with Gasteiger partial charge in [0.1, 0.15) is 18.1 Å². The van der Waals surface area contributed by atoms with Gasteiger partial charge in [0.15, 0.2) is 0 Å². The van der Waals surface area contributed by atoms with E-state index in [9.17, 15) is 9.59 Å². The van der Waals surface area contributed by atoms with E-state index in [2.05, 4.69) is 11.4 Å². The van der Waals surface area contributed by atoms with Crippen LogP contribution in [0.3, 0.4) is 0 Å². The lowest BCUT2D eigenvalue weighted by Gasteiger charge is -2.37. The molecule has 2 aliphatic heterocycles. The van der Waals surface area contributed by atoms with Crippen LogP contribution in [0.5, 0.6) is 11.5 Å². The highest BCUT2D eigenvalue weighted by molar-refractivity contribution is 7.10. The average molecular weight is 513 g/mol. The van der Waals surface area contributed by atoms with Crippen LogP contribution < -0.4 is 9.47 Å². The molecule has 1 aromatic carbocycles. The number of benzene rings is 1. The number of thiophene rings is 1. The molecule has 8 heteroatoms. The number of hydrogen-bond acceptors (Lipinski definition) is 6. The Morgan fingerprint density at radius 1 is 1.14 bits per heavy atom. The van der Waals surface area contributed by atoms with Gasteiger partial charge in [0.05, 0.1) is 25.8 Å². The van der Waals surface area contributed by atoms with E-state index in [0.29, 0.717) is 25.4 Å². The number of ether oxygens (including phenoxy) is 3. The first kappa shape index (κ1) is 25.1. The van der Waals surface area contributed by atoms with Gasteiger partial charge in [-0.2, -0.15) is 0 Å². The molecule has 1 saturated heterocycles. The maximum Gasteiger partial charge on any atom is 0.242 e. The van der Waals surface area contributed by atoms with E-state index < -0.39 is 0 Å². The fourth-order valence-electron chi connectivity index (χ4n) is 5.69. The number of carbonyl (C=O) groups excluding carboxylic acids is 2. The topological polar surface area (TPSA) is 68.3 Å². The van der Waals surface area contributed by atoms with E-state index in [4.69, 9.17) is 14.2 Å². The lowest BCUT2D eigenvalue weighted by Crippen LogP contribution is -2.50. The number of rotatable bonds is 9. The van der Waals surface area contributed by atoms with E-state index in [1.54, 1.807) is 23.3 Å². The van der Waals surface area contributed by atoms with Crippen LogP contribution in [0.4, 0.5) is 0 Å². The molecular weight excluding hydrogens is 476 g/mol. The molecule has 1 aliphatic carbocycles. The summed E-state index contributed by atoms with van der Waals surface area (Å²) in [7, 11) is 1.63. The number of hydrogen-bond donors (Lipinski definition) is 0. The van der Waals surface area contributed by atoms with E-state index in [-0.39, 0.29) is 36.4 Å². The largest absolute Gasteiger partial charge is 0.497 e. The summed E-state index contributed by atoms with van der Waals surface area (Å²) in [6.07, 6.45) is 6.85. The third-order valence-electron chi connectivity index (χ3n) is 7.65. The molecule has 2 atom stereocenters. The Hall–Kier alpha value is -2.58. The number of methoxy groups -OCH3 is 1. The molecule has 2 aromatic rings. The average Bonchev–Trinajstić information content (AvgIpc) is 3.69. The van der Waals surface area contributed by atoms with Crippen molar-refractivity contribution in [2.75, 3.05) is 40.0 Å². The third-order valence-corrected chi connectivity index (χ3v) is 8.65. The van der Waals surface area contributed by atoms with Gasteiger partial charge in [0, 0.05) is 36.6 Å². The smallest absolute Gasteiger partial charge is 0.242 e. The van der Waals surface area contributed by atoms with Gasteiger partial charge in [-0.05, 0) is 61.2 Å². The SMILES string of the molecule is COc1cccc(OC[C@H]2c3ccsc3CCN2C(=O)CN(C[C@H]2CCCO2)C(=O)C2CCCC2)c1. The van der Waals surface area contributed by atoms with Crippen LogP contribution in [0.1, 0.15) is 55.0 Å². The van der Waals surface area contributed by atoms with Gasteiger partial charge in [0.25, 0.3) is 0 Å². The summed E-state index contributed by atoms with van der Waals surface area (Å²) < 4.78 is 17.3. The summed E-state index contributed by atoms with van der Waals surface area (Å²) in [5, 5.41) is 2.09. The minimum atomic E-state index is -0.190. The summed E-state index contributed by atoms with van der Waals surface area (Å²) in [5.74, 6) is 1.58. The molecule has 7 nitrogen and oxygen atoms in total. The summed E-state index contributed by atoms with van der Waals surface area (Å²) in [6.45, 7) is 2.32. The Balaban J connectivity index is 1.31. The summed E-state index contributed by atoms with van der Waals surface area (Å²) in [6, 6.07) is 9.44. The lowest BCUT2D eigenvalue weighted by molar-refractivity contribution is -0.146. The highest BCUT2D eigenvalue weighted by Gasteiger charge is 2.36. The maximum absolute atomic E-state index is 13.8. The molecule has 0 N–H and O–H groups in total. The molecule has 0 radical (unpaired) electrons. The Kier molecular flexibility index (Phi) is 8.12. The molecule has 0 unspecified atom stereocenters. The fraction of sp³-hybridized carbons (Fsp3) is 0.571. The van der Waals surface area contributed by atoms with Gasteiger partial charge >= 0.3 is 0 Å². The number of amides is 2. The highest BCUT2D eigenvalue weighted by Crippen LogP contribution is 2.35.